The van der Waals surface area contributed by atoms with Crippen molar-refractivity contribution in [2.24, 2.45) is 0 Å². The van der Waals surface area contributed by atoms with Gasteiger partial charge in [-0.3, -0.25) is 4.79 Å². The molecule has 4 heterocycles. The summed E-state index contributed by atoms with van der Waals surface area (Å²) in [5.41, 5.74) is 23.9. The van der Waals surface area contributed by atoms with Crippen LogP contribution >= 0.6 is 0 Å². The molecule has 0 spiro atoms. The molecular weight excluding hydrogens is 943 g/mol. The Kier molecular flexibility index (Phi) is 24.5. The van der Waals surface area contributed by atoms with Gasteiger partial charge in [-0.15, -0.1) is 0 Å². The van der Waals surface area contributed by atoms with Gasteiger partial charge in [0.05, 0.1) is 13.2 Å². The second-order valence-corrected chi connectivity index (χ2v) is 22.1. The van der Waals surface area contributed by atoms with Gasteiger partial charge in [0, 0.05) is 6.42 Å². The van der Waals surface area contributed by atoms with Crippen LogP contribution in [0.25, 0.3) is 0 Å². The number of hydrogen-bond acceptors (Lipinski definition) is 8. The van der Waals surface area contributed by atoms with E-state index in [1.165, 1.54) is 106 Å². The maximum atomic E-state index is 12.1. The van der Waals surface area contributed by atoms with Crippen molar-refractivity contribution in [1.82, 2.24) is 0 Å². The van der Waals surface area contributed by atoms with Gasteiger partial charge in [-0.2, -0.15) is 0 Å². The zero-order valence-corrected chi connectivity index (χ0v) is 48.7. The van der Waals surface area contributed by atoms with Crippen LogP contribution in [-0.4, -0.2) is 70.3 Å². The number of rotatable bonds is 5. The first-order valence-electron chi connectivity index (χ1n) is 26.0. The first-order valence-corrected chi connectivity index (χ1v) is 26.0. The first kappa shape index (κ1) is 69.1. The van der Waals surface area contributed by atoms with Gasteiger partial charge in [-0.25, -0.2) is 4.79 Å². The summed E-state index contributed by atoms with van der Waals surface area (Å²) in [5, 5.41) is 9.43. The van der Waals surface area contributed by atoms with Gasteiger partial charge in [0.1, 0.15) is 34.2 Å². The fourth-order valence-corrected chi connectivity index (χ4v) is 10.6. The SMILES string of the molecule is C.C.C=CC1(C)CCc2c(C)c(C)c(C)c(C)c2O1.CCOC(=O)C1(C)CCc2c(C)c(C)c(C)c(C)c2O1.Cc1c(C)c(C)c2c(c1C)CCC(C)(C=O)O2.Cc1c(C)c(C)c2c(c1C)CCC(C)(CO)O2.[AlH3].[H-].[Li+]. The van der Waals surface area contributed by atoms with Gasteiger partial charge in [-0.1, -0.05) is 21.4 Å². The van der Waals surface area contributed by atoms with E-state index in [4.69, 9.17) is 23.7 Å². The molecule has 1 N–H and O–H groups in total. The third kappa shape index (κ3) is 13.7. The number of fused-ring (bicyclic) bond motifs is 4. The molecule has 75 heavy (non-hydrogen) atoms. The summed E-state index contributed by atoms with van der Waals surface area (Å²) in [4.78, 5) is 23.2. The van der Waals surface area contributed by atoms with Crippen LogP contribution in [0.5, 0.6) is 23.0 Å². The molecule has 0 bridgehead atoms. The van der Waals surface area contributed by atoms with Crippen LogP contribution < -0.4 is 37.8 Å². The van der Waals surface area contributed by atoms with Crippen molar-refractivity contribution in [3.8, 4) is 23.0 Å². The van der Waals surface area contributed by atoms with Crippen molar-refractivity contribution in [3.63, 3.8) is 0 Å². The van der Waals surface area contributed by atoms with Crippen molar-refractivity contribution in [3.05, 3.63) is 124 Å². The fourth-order valence-electron chi connectivity index (χ4n) is 10.6. The Labute approximate surface area is 479 Å². The van der Waals surface area contributed by atoms with E-state index in [1.54, 1.807) is 0 Å². The predicted octanol–water partition coefficient (Wildman–Crippen LogP) is 11.2. The van der Waals surface area contributed by atoms with Crippen LogP contribution in [0.4, 0.5) is 0 Å². The number of benzene rings is 4. The van der Waals surface area contributed by atoms with Gasteiger partial charge in [-0.05, 0) is 308 Å². The molecule has 4 unspecified atom stereocenters. The number of esters is 1. The third-order valence-corrected chi connectivity index (χ3v) is 17.6. The van der Waals surface area contributed by atoms with E-state index >= 15 is 0 Å². The Morgan fingerprint density at radius 2 is 0.800 bits per heavy atom. The minimum Gasteiger partial charge on any atom is -1.00 e. The molecule has 0 saturated heterocycles. The van der Waals surface area contributed by atoms with E-state index in [0.717, 1.165) is 79.8 Å². The topological polar surface area (TPSA) is 101 Å². The molecule has 8 nitrogen and oxygen atoms in total. The van der Waals surface area contributed by atoms with Gasteiger partial charge in [0.15, 0.2) is 29.2 Å². The average molecular weight is 1040 g/mol. The maximum Gasteiger partial charge on any atom is 1.00 e. The maximum absolute atomic E-state index is 12.1. The number of ether oxygens (including phenoxy) is 5. The number of carbonyl (C=O) groups excluding carboxylic acids is 2. The van der Waals surface area contributed by atoms with Crippen molar-refractivity contribution in [2.75, 3.05) is 13.2 Å². The van der Waals surface area contributed by atoms with Crippen LogP contribution in [0.1, 0.15) is 188 Å². The smallest absolute Gasteiger partial charge is 1.00 e. The van der Waals surface area contributed by atoms with Gasteiger partial charge >= 0.3 is 24.8 Å². The molecule has 0 fully saturated rings. The zero-order chi connectivity index (χ0) is 53.5. The Hall–Kier alpha value is -3.95. The molecule has 0 radical (unpaired) electrons. The van der Waals surface area contributed by atoms with E-state index in [0.29, 0.717) is 13.0 Å². The number of aliphatic hydroxyl groups excluding tert-OH is 1. The van der Waals surface area contributed by atoms with Crippen LogP contribution in [0, 0.1) is 111 Å². The molecule has 0 saturated carbocycles. The minimum atomic E-state index is -0.859. The van der Waals surface area contributed by atoms with Gasteiger partial charge in [0.25, 0.3) is 0 Å². The van der Waals surface area contributed by atoms with E-state index in [2.05, 4.69) is 124 Å². The van der Waals surface area contributed by atoms with Crippen LogP contribution in [0.15, 0.2) is 12.7 Å². The predicted molar refractivity (Wildman–Crippen MR) is 315 cm³/mol. The average Bonchev–Trinajstić information content (AvgIpc) is 3.36. The normalized spacial score (nSPS) is 21.3. The van der Waals surface area contributed by atoms with E-state index < -0.39 is 16.8 Å². The summed E-state index contributed by atoms with van der Waals surface area (Å²) in [7, 11) is 0. The van der Waals surface area contributed by atoms with E-state index in [9.17, 15) is 14.7 Å². The molecule has 0 aromatic heterocycles. The van der Waals surface area contributed by atoms with Gasteiger partial charge < -0.3 is 30.2 Å². The van der Waals surface area contributed by atoms with Crippen LogP contribution in [0.3, 0.4) is 0 Å². The summed E-state index contributed by atoms with van der Waals surface area (Å²) in [6.45, 7) is 48.3. The molecular formula is C65H100AlLiO8. The number of carbonyl (C=O) groups is 2. The minimum absolute atomic E-state index is 0. The van der Waals surface area contributed by atoms with E-state index in [-0.39, 0.29) is 70.7 Å². The molecule has 0 amide bonds. The summed E-state index contributed by atoms with van der Waals surface area (Å²) >= 11 is 0. The Bertz CT molecular complexity index is 2670. The Morgan fingerprint density at radius 3 is 1.13 bits per heavy atom. The molecule has 8 rings (SSSR count). The molecule has 4 aromatic rings. The Morgan fingerprint density at radius 1 is 0.507 bits per heavy atom. The second-order valence-electron chi connectivity index (χ2n) is 22.1. The third-order valence-electron chi connectivity index (χ3n) is 17.6. The summed E-state index contributed by atoms with van der Waals surface area (Å²) in [6.07, 6.45) is 10.1. The van der Waals surface area contributed by atoms with Crippen molar-refractivity contribution in [2.45, 2.75) is 234 Å². The number of aldehydes is 1. The fraction of sp³-hybridized carbons (Fsp3) is 0.569. The molecule has 412 valence electrons. The second kappa shape index (κ2) is 26.6. The molecule has 4 atom stereocenters. The van der Waals surface area contributed by atoms with Crippen molar-refractivity contribution < 1.29 is 58.7 Å². The summed E-state index contributed by atoms with van der Waals surface area (Å²) in [5.74, 6) is 3.66. The molecule has 4 aliphatic rings. The van der Waals surface area contributed by atoms with Crippen molar-refractivity contribution in [1.29, 1.82) is 0 Å². The zero-order valence-electron chi connectivity index (χ0n) is 49.7. The van der Waals surface area contributed by atoms with Crippen molar-refractivity contribution >= 4 is 29.6 Å². The standard InChI is InChI=1S/C17H24O3.C16H22O.C15H22O2.C15H20O2.2CH4.Al.Li.4H/c1-7-19-16(18)17(6)9-8-14-12(4)10(2)11(3)13(5)15(14)20-17;1-7-16(6)9-8-14-12(4)10(2)11(3)13(5)15(14)17-16;2*1-9-10(2)12(4)14-13(11(9)3)6-7-15(5,8-16)17-14;;;;;;;;/h7-9H2,1-6H3;7H,1,8-9H2,2-6H3;16H,6-8H2,1-5H3;8H,6-7H2,1-5H3;2*1H4;;;;;;/q;;;;;;;+1;;;;-1. The summed E-state index contributed by atoms with van der Waals surface area (Å²) < 4.78 is 29.5. The molecule has 4 aliphatic heterocycles. The first-order chi connectivity index (χ1) is 33.0. The number of hydrogen-bond donors (Lipinski definition) is 1. The van der Waals surface area contributed by atoms with Crippen LogP contribution in [0.2, 0.25) is 0 Å². The van der Waals surface area contributed by atoms with E-state index in [1.807, 2.05) is 33.8 Å². The molecule has 10 heteroatoms. The molecule has 4 aromatic carbocycles. The summed E-state index contributed by atoms with van der Waals surface area (Å²) in [6, 6.07) is 0. The molecule has 0 aliphatic carbocycles. The largest absolute Gasteiger partial charge is 1.00 e. The quantitative estimate of drug-likeness (QED) is 0.0913. The Balaban J connectivity index is 0.000000968. The number of aliphatic hydroxyl groups is 1. The van der Waals surface area contributed by atoms with Gasteiger partial charge in [0.2, 0.25) is 5.60 Å². The van der Waals surface area contributed by atoms with Crippen LogP contribution in [-0.2, 0) is 40.0 Å². The monoisotopic (exact) mass is 1040 g/mol.